The van der Waals surface area contributed by atoms with Crippen LogP contribution in [0.15, 0.2) is 78.9 Å². The summed E-state index contributed by atoms with van der Waals surface area (Å²) in [6, 6.07) is 28.0. The molecule has 0 aromatic heterocycles. The van der Waals surface area contributed by atoms with Crippen molar-refractivity contribution in [2.75, 3.05) is 16.8 Å². The summed E-state index contributed by atoms with van der Waals surface area (Å²) in [5.74, 6) is 0. The van der Waals surface area contributed by atoms with E-state index in [0.717, 1.165) is 24.2 Å². The van der Waals surface area contributed by atoms with E-state index in [1.54, 1.807) is 0 Å². The van der Waals surface area contributed by atoms with Gasteiger partial charge in [0.1, 0.15) is 5.54 Å². The van der Waals surface area contributed by atoms with Gasteiger partial charge in [-0.1, -0.05) is 86.0 Å². The van der Waals surface area contributed by atoms with Gasteiger partial charge >= 0.3 is 6.03 Å². The lowest BCUT2D eigenvalue weighted by molar-refractivity contribution is 0.186. The van der Waals surface area contributed by atoms with Crippen molar-refractivity contribution < 1.29 is 4.79 Å². The van der Waals surface area contributed by atoms with Crippen LogP contribution in [0.5, 0.6) is 0 Å². The first kappa shape index (κ1) is 17.8. The van der Waals surface area contributed by atoms with Crippen LogP contribution in [-0.4, -0.2) is 13.1 Å². The molecular formula is C27H26N2O. The molecule has 6 rings (SSSR count). The first-order valence-electron chi connectivity index (χ1n) is 11.0. The van der Waals surface area contributed by atoms with Gasteiger partial charge in [-0.05, 0) is 36.1 Å². The molecule has 1 fully saturated rings. The minimum atomic E-state index is -0.515. The number of fused-ring (bicyclic) bond motifs is 7. The van der Waals surface area contributed by atoms with Gasteiger partial charge in [-0.15, -0.1) is 0 Å². The van der Waals surface area contributed by atoms with Crippen molar-refractivity contribution in [2.45, 2.75) is 43.1 Å². The number of hydrogen-bond donors (Lipinski definition) is 0. The summed E-state index contributed by atoms with van der Waals surface area (Å²) in [6.07, 6.45) is 5.86. The Kier molecular flexibility index (Phi) is 3.68. The largest absolute Gasteiger partial charge is 0.329 e. The van der Waals surface area contributed by atoms with Crippen LogP contribution in [0.4, 0.5) is 16.2 Å². The SMILES string of the molecule is CN1C(=O)N2c3ccccc3C3(CCCCC3)C2(c2ccccc2)c2ccccc21. The molecule has 1 unspecified atom stereocenters. The fraction of sp³-hybridized carbons (Fsp3) is 0.296. The van der Waals surface area contributed by atoms with Gasteiger partial charge in [0.25, 0.3) is 0 Å². The van der Waals surface area contributed by atoms with Crippen molar-refractivity contribution in [1.29, 1.82) is 0 Å². The van der Waals surface area contributed by atoms with Crippen molar-refractivity contribution in [3.8, 4) is 0 Å². The van der Waals surface area contributed by atoms with E-state index >= 15 is 0 Å². The third kappa shape index (κ3) is 1.93. The monoisotopic (exact) mass is 394 g/mol. The number of rotatable bonds is 1. The number of para-hydroxylation sites is 2. The summed E-state index contributed by atoms with van der Waals surface area (Å²) < 4.78 is 0. The molecule has 3 aromatic rings. The number of hydrogen-bond acceptors (Lipinski definition) is 1. The zero-order valence-electron chi connectivity index (χ0n) is 17.3. The van der Waals surface area contributed by atoms with Gasteiger partial charge in [0, 0.05) is 18.0 Å². The molecule has 0 bridgehead atoms. The summed E-state index contributed by atoms with van der Waals surface area (Å²) >= 11 is 0. The second kappa shape index (κ2) is 6.21. The lowest BCUT2D eigenvalue weighted by atomic mass is 9.55. The Morgan fingerprint density at radius 3 is 2.03 bits per heavy atom. The first-order valence-corrected chi connectivity index (χ1v) is 11.0. The third-order valence-corrected chi connectivity index (χ3v) is 7.72. The molecule has 1 aliphatic carbocycles. The molecule has 2 amide bonds. The fourth-order valence-corrected chi connectivity index (χ4v) is 6.64. The fourth-order valence-electron chi connectivity index (χ4n) is 6.64. The van der Waals surface area contributed by atoms with Crippen LogP contribution in [0.1, 0.15) is 48.8 Å². The second-order valence-electron chi connectivity index (χ2n) is 8.93. The molecule has 3 aliphatic rings. The normalized spacial score (nSPS) is 23.8. The molecule has 0 saturated heterocycles. The molecule has 0 N–H and O–H groups in total. The lowest BCUT2D eigenvalue weighted by Crippen LogP contribution is -2.64. The van der Waals surface area contributed by atoms with Crippen LogP contribution in [0.3, 0.4) is 0 Å². The van der Waals surface area contributed by atoms with E-state index in [0.29, 0.717) is 0 Å². The van der Waals surface area contributed by atoms with Gasteiger partial charge in [0.2, 0.25) is 0 Å². The number of nitrogens with zero attached hydrogens (tertiary/aromatic N) is 2. The highest BCUT2D eigenvalue weighted by Gasteiger charge is 2.67. The van der Waals surface area contributed by atoms with Crippen LogP contribution in [0, 0.1) is 0 Å². The van der Waals surface area contributed by atoms with Gasteiger partial charge in [-0.25, -0.2) is 4.79 Å². The Balaban J connectivity index is 1.81. The van der Waals surface area contributed by atoms with Crippen LogP contribution in [0.25, 0.3) is 0 Å². The van der Waals surface area contributed by atoms with E-state index < -0.39 is 5.54 Å². The number of benzene rings is 3. The summed E-state index contributed by atoms with van der Waals surface area (Å²) in [4.78, 5) is 17.9. The quantitative estimate of drug-likeness (QED) is 0.480. The standard InChI is InChI=1S/C27H26N2O/c1-28-23-16-8-7-15-22(23)27(20-12-4-2-5-13-20)26(18-10-3-11-19-26)21-14-6-9-17-24(21)29(27)25(28)30/h2,4-9,12-17H,3,10-11,18-19H2,1H3. The number of anilines is 2. The van der Waals surface area contributed by atoms with E-state index in [1.807, 2.05) is 18.0 Å². The first-order chi connectivity index (χ1) is 14.7. The molecule has 3 heteroatoms. The second-order valence-corrected chi connectivity index (χ2v) is 8.93. The van der Waals surface area contributed by atoms with Gasteiger partial charge in [-0.3, -0.25) is 9.80 Å². The van der Waals surface area contributed by atoms with Crippen LogP contribution in [-0.2, 0) is 11.0 Å². The van der Waals surface area contributed by atoms with Crippen molar-refractivity contribution >= 4 is 17.4 Å². The minimum Gasteiger partial charge on any atom is -0.297 e. The predicted octanol–water partition coefficient (Wildman–Crippen LogP) is 6.22. The highest BCUT2D eigenvalue weighted by molar-refractivity contribution is 6.11. The summed E-state index contributed by atoms with van der Waals surface area (Å²) in [5.41, 5.74) is 5.28. The molecule has 2 heterocycles. The molecule has 30 heavy (non-hydrogen) atoms. The molecule has 3 nitrogen and oxygen atoms in total. The molecule has 1 spiro atoms. The number of carbonyl (C=O) groups is 1. The molecule has 3 aromatic carbocycles. The molecule has 2 aliphatic heterocycles. The minimum absolute atomic E-state index is 0.0625. The smallest absolute Gasteiger partial charge is 0.297 e. The zero-order chi connectivity index (χ0) is 20.3. The highest BCUT2D eigenvalue weighted by atomic mass is 16.2. The van der Waals surface area contributed by atoms with E-state index in [2.05, 4.69) is 77.7 Å². The van der Waals surface area contributed by atoms with Crippen molar-refractivity contribution in [3.63, 3.8) is 0 Å². The summed E-state index contributed by atoms with van der Waals surface area (Å²) in [7, 11) is 1.91. The zero-order valence-corrected chi connectivity index (χ0v) is 17.3. The lowest BCUT2D eigenvalue weighted by Gasteiger charge is -2.56. The topological polar surface area (TPSA) is 23.6 Å². The third-order valence-electron chi connectivity index (χ3n) is 7.72. The number of urea groups is 1. The maximum absolute atomic E-state index is 14.0. The average Bonchev–Trinajstić information content (AvgIpc) is 3.06. The Labute approximate surface area is 177 Å². The van der Waals surface area contributed by atoms with E-state index in [9.17, 15) is 4.79 Å². The maximum atomic E-state index is 14.0. The Morgan fingerprint density at radius 1 is 0.700 bits per heavy atom. The van der Waals surface area contributed by atoms with Crippen molar-refractivity contribution in [1.82, 2.24) is 0 Å². The van der Waals surface area contributed by atoms with E-state index in [1.165, 1.54) is 36.0 Å². The molecule has 0 radical (unpaired) electrons. The Bertz CT molecular complexity index is 1130. The Hall–Kier alpha value is -3.07. The van der Waals surface area contributed by atoms with E-state index in [-0.39, 0.29) is 11.4 Å². The predicted molar refractivity (Wildman–Crippen MR) is 121 cm³/mol. The van der Waals surface area contributed by atoms with Crippen molar-refractivity contribution in [2.24, 2.45) is 0 Å². The van der Waals surface area contributed by atoms with Gasteiger partial charge in [0.05, 0.1) is 11.4 Å². The van der Waals surface area contributed by atoms with Gasteiger partial charge in [-0.2, -0.15) is 0 Å². The number of amides is 2. The summed E-state index contributed by atoms with van der Waals surface area (Å²) in [6.45, 7) is 0. The van der Waals surface area contributed by atoms with Crippen LogP contribution in [0.2, 0.25) is 0 Å². The highest BCUT2D eigenvalue weighted by Crippen LogP contribution is 2.67. The van der Waals surface area contributed by atoms with Gasteiger partial charge < -0.3 is 0 Å². The molecule has 1 atom stereocenters. The van der Waals surface area contributed by atoms with Crippen LogP contribution < -0.4 is 9.80 Å². The van der Waals surface area contributed by atoms with Gasteiger partial charge in [0.15, 0.2) is 0 Å². The average molecular weight is 395 g/mol. The van der Waals surface area contributed by atoms with E-state index in [4.69, 9.17) is 0 Å². The molecular weight excluding hydrogens is 368 g/mol. The van der Waals surface area contributed by atoms with Crippen molar-refractivity contribution in [3.05, 3.63) is 95.6 Å². The maximum Gasteiger partial charge on any atom is 0.329 e. The van der Waals surface area contributed by atoms with Crippen LogP contribution >= 0.6 is 0 Å². The summed E-state index contributed by atoms with van der Waals surface area (Å²) in [5, 5.41) is 0. The molecule has 1 saturated carbocycles. The molecule has 150 valence electrons. The Morgan fingerprint density at radius 2 is 1.30 bits per heavy atom. The number of carbonyl (C=O) groups excluding carboxylic acids is 1.